The Balaban J connectivity index is 1.99. The first-order chi connectivity index (χ1) is 7.12. The van der Waals surface area contributed by atoms with E-state index < -0.39 is 0 Å². The molecule has 0 heterocycles. The van der Waals surface area contributed by atoms with Crippen LogP contribution >= 0.6 is 0 Å². The third kappa shape index (κ3) is 2.38. The fourth-order valence-electron chi connectivity index (χ4n) is 3.63. The van der Waals surface area contributed by atoms with Gasteiger partial charge in [0.05, 0.1) is 5.60 Å². The Bertz CT molecular complexity index is 207. The zero-order valence-electron chi connectivity index (χ0n) is 10.3. The minimum atomic E-state index is -0.299. The lowest BCUT2D eigenvalue weighted by molar-refractivity contribution is -0.0847. The minimum absolute atomic E-state index is 0.299. The normalized spacial score (nSPS) is 44.2. The van der Waals surface area contributed by atoms with E-state index in [-0.39, 0.29) is 5.60 Å². The largest absolute Gasteiger partial charge is 0.390 e. The zero-order valence-corrected chi connectivity index (χ0v) is 10.3. The topological polar surface area (TPSA) is 20.2 Å². The Morgan fingerprint density at radius 2 is 1.60 bits per heavy atom. The van der Waals surface area contributed by atoms with E-state index >= 15 is 0 Å². The first-order valence-electron chi connectivity index (χ1n) is 6.84. The summed E-state index contributed by atoms with van der Waals surface area (Å²) in [6.45, 7) is 4.66. The summed E-state index contributed by atoms with van der Waals surface area (Å²) in [5.74, 6) is 2.14. The zero-order chi connectivity index (χ0) is 10.9. The number of hydrogen-bond acceptors (Lipinski definition) is 1. The lowest BCUT2D eigenvalue weighted by atomic mass is 9.65. The summed E-state index contributed by atoms with van der Waals surface area (Å²) in [4.78, 5) is 0. The van der Waals surface area contributed by atoms with Crippen molar-refractivity contribution in [1.82, 2.24) is 0 Å². The van der Waals surface area contributed by atoms with Crippen molar-refractivity contribution < 1.29 is 5.11 Å². The second-order valence-corrected chi connectivity index (χ2v) is 6.14. The average Bonchev–Trinajstić information content (AvgIpc) is 2.26. The van der Waals surface area contributed by atoms with Crippen LogP contribution in [0.3, 0.4) is 0 Å². The number of rotatable bonds is 1. The lowest BCUT2D eigenvalue weighted by Crippen LogP contribution is -2.44. The Morgan fingerprint density at radius 1 is 0.933 bits per heavy atom. The third-order valence-corrected chi connectivity index (χ3v) is 5.04. The molecular formula is C14H26O. The monoisotopic (exact) mass is 210 g/mol. The van der Waals surface area contributed by atoms with Gasteiger partial charge in [-0.1, -0.05) is 33.1 Å². The molecule has 0 saturated heterocycles. The molecule has 1 N–H and O–H groups in total. The second-order valence-electron chi connectivity index (χ2n) is 6.14. The maximum absolute atomic E-state index is 10.8. The highest BCUT2D eigenvalue weighted by atomic mass is 16.3. The molecule has 0 bridgehead atoms. The summed E-state index contributed by atoms with van der Waals surface area (Å²) in [5.41, 5.74) is -0.299. The van der Waals surface area contributed by atoms with E-state index in [0.717, 1.165) is 18.8 Å². The van der Waals surface area contributed by atoms with E-state index in [0.29, 0.717) is 11.8 Å². The average molecular weight is 210 g/mol. The van der Waals surface area contributed by atoms with Crippen molar-refractivity contribution >= 4 is 0 Å². The van der Waals surface area contributed by atoms with Gasteiger partial charge < -0.3 is 5.11 Å². The molecule has 0 radical (unpaired) electrons. The van der Waals surface area contributed by atoms with E-state index in [4.69, 9.17) is 0 Å². The van der Waals surface area contributed by atoms with E-state index in [9.17, 15) is 5.11 Å². The lowest BCUT2D eigenvalue weighted by Gasteiger charge is -2.45. The summed E-state index contributed by atoms with van der Waals surface area (Å²) in [6.07, 6.45) is 9.97. The van der Waals surface area contributed by atoms with Gasteiger partial charge in [-0.25, -0.2) is 0 Å². The summed E-state index contributed by atoms with van der Waals surface area (Å²) < 4.78 is 0. The van der Waals surface area contributed by atoms with Crippen LogP contribution < -0.4 is 0 Å². The first kappa shape index (κ1) is 11.4. The van der Waals surface area contributed by atoms with Gasteiger partial charge in [0.25, 0.3) is 0 Å². The quantitative estimate of drug-likeness (QED) is 0.699. The van der Waals surface area contributed by atoms with Gasteiger partial charge in [0, 0.05) is 0 Å². The molecule has 2 rings (SSSR count). The minimum Gasteiger partial charge on any atom is -0.390 e. The standard InChI is InChI=1S/C14H26O/c1-11-8-9-14(15,10-12(11)2)13-6-4-3-5-7-13/h11-13,15H,3-10H2,1-2H3. The highest BCUT2D eigenvalue weighted by molar-refractivity contribution is 4.93. The Labute approximate surface area is 94.3 Å². The molecule has 2 aliphatic carbocycles. The van der Waals surface area contributed by atoms with Gasteiger partial charge in [-0.15, -0.1) is 0 Å². The summed E-state index contributed by atoms with van der Waals surface area (Å²) in [7, 11) is 0. The van der Waals surface area contributed by atoms with Crippen LogP contribution in [0.2, 0.25) is 0 Å². The molecule has 2 fully saturated rings. The smallest absolute Gasteiger partial charge is 0.0678 e. The molecule has 88 valence electrons. The van der Waals surface area contributed by atoms with Gasteiger partial charge in [0.15, 0.2) is 0 Å². The van der Waals surface area contributed by atoms with Crippen molar-refractivity contribution in [3.63, 3.8) is 0 Å². The molecule has 3 atom stereocenters. The van der Waals surface area contributed by atoms with E-state index in [1.807, 2.05) is 0 Å². The molecule has 0 amide bonds. The SMILES string of the molecule is CC1CCC(O)(C2CCCCC2)CC1C. The molecule has 2 saturated carbocycles. The van der Waals surface area contributed by atoms with Gasteiger partial charge in [-0.2, -0.15) is 0 Å². The van der Waals surface area contributed by atoms with E-state index in [2.05, 4.69) is 13.8 Å². The highest BCUT2D eigenvalue weighted by Gasteiger charge is 2.41. The van der Waals surface area contributed by atoms with Crippen molar-refractivity contribution in [3.8, 4) is 0 Å². The van der Waals surface area contributed by atoms with Crippen LogP contribution in [0.1, 0.15) is 65.2 Å². The first-order valence-corrected chi connectivity index (χ1v) is 6.84. The molecule has 0 aromatic carbocycles. The number of aliphatic hydroxyl groups is 1. The molecule has 0 aromatic heterocycles. The molecule has 0 aromatic rings. The van der Waals surface area contributed by atoms with Crippen LogP contribution in [0.4, 0.5) is 0 Å². The van der Waals surface area contributed by atoms with Crippen LogP contribution in [-0.2, 0) is 0 Å². The van der Waals surface area contributed by atoms with Crippen molar-refractivity contribution in [3.05, 3.63) is 0 Å². The highest BCUT2D eigenvalue weighted by Crippen LogP contribution is 2.44. The summed E-state index contributed by atoms with van der Waals surface area (Å²) in [6, 6.07) is 0. The molecule has 2 aliphatic rings. The second kappa shape index (κ2) is 4.45. The van der Waals surface area contributed by atoms with Crippen LogP contribution in [-0.4, -0.2) is 10.7 Å². The van der Waals surface area contributed by atoms with E-state index in [1.165, 1.54) is 38.5 Å². The fraction of sp³-hybridized carbons (Fsp3) is 1.00. The van der Waals surface area contributed by atoms with Crippen LogP contribution in [0.5, 0.6) is 0 Å². The van der Waals surface area contributed by atoms with Gasteiger partial charge in [0.1, 0.15) is 0 Å². The van der Waals surface area contributed by atoms with Crippen molar-refractivity contribution in [2.45, 2.75) is 70.8 Å². The van der Waals surface area contributed by atoms with Gasteiger partial charge in [-0.05, 0) is 49.9 Å². The molecule has 15 heavy (non-hydrogen) atoms. The van der Waals surface area contributed by atoms with E-state index in [1.54, 1.807) is 0 Å². The van der Waals surface area contributed by atoms with Crippen LogP contribution in [0.15, 0.2) is 0 Å². The maximum atomic E-state index is 10.8. The molecule has 1 nitrogen and oxygen atoms in total. The number of hydrogen-bond donors (Lipinski definition) is 1. The van der Waals surface area contributed by atoms with Gasteiger partial charge in [0.2, 0.25) is 0 Å². The van der Waals surface area contributed by atoms with Gasteiger partial charge in [-0.3, -0.25) is 0 Å². The Kier molecular flexibility index (Phi) is 3.39. The van der Waals surface area contributed by atoms with Crippen molar-refractivity contribution in [2.75, 3.05) is 0 Å². The van der Waals surface area contributed by atoms with Gasteiger partial charge >= 0.3 is 0 Å². The Hall–Kier alpha value is -0.0400. The third-order valence-electron chi connectivity index (χ3n) is 5.04. The predicted molar refractivity (Wildman–Crippen MR) is 63.7 cm³/mol. The predicted octanol–water partition coefficient (Wildman–Crippen LogP) is 3.75. The molecule has 0 spiro atoms. The molecule has 3 unspecified atom stereocenters. The van der Waals surface area contributed by atoms with Crippen molar-refractivity contribution in [2.24, 2.45) is 17.8 Å². The van der Waals surface area contributed by atoms with Crippen LogP contribution in [0.25, 0.3) is 0 Å². The summed E-state index contributed by atoms with van der Waals surface area (Å²) in [5, 5.41) is 10.8. The molecule has 1 heteroatoms. The van der Waals surface area contributed by atoms with Crippen LogP contribution in [0, 0.1) is 17.8 Å². The Morgan fingerprint density at radius 3 is 2.20 bits per heavy atom. The fourth-order valence-corrected chi connectivity index (χ4v) is 3.63. The van der Waals surface area contributed by atoms with Crippen molar-refractivity contribution in [1.29, 1.82) is 0 Å². The molecular weight excluding hydrogens is 184 g/mol. The molecule has 0 aliphatic heterocycles. The summed E-state index contributed by atoms with van der Waals surface area (Å²) >= 11 is 0. The maximum Gasteiger partial charge on any atom is 0.0678 e.